The summed E-state index contributed by atoms with van der Waals surface area (Å²) in [5, 5.41) is 6.84. The molecule has 1 saturated heterocycles. The highest BCUT2D eigenvalue weighted by atomic mass is 32.1. The van der Waals surface area contributed by atoms with E-state index in [1.165, 1.54) is 11.3 Å². The largest absolute Gasteiger partial charge is 0.378 e. The lowest BCUT2D eigenvalue weighted by atomic mass is 10.2. The summed E-state index contributed by atoms with van der Waals surface area (Å²) in [6.07, 6.45) is 7.58. The molecular formula is C21H25N7O2S. The molecule has 162 valence electrons. The summed E-state index contributed by atoms with van der Waals surface area (Å²) in [4.78, 5) is 28.5. The van der Waals surface area contributed by atoms with Crippen LogP contribution < -0.4 is 21.3 Å². The van der Waals surface area contributed by atoms with E-state index in [1.807, 2.05) is 18.2 Å². The van der Waals surface area contributed by atoms with Gasteiger partial charge in [-0.1, -0.05) is 11.3 Å². The van der Waals surface area contributed by atoms with Crippen LogP contribution in [0.15, 0.2) is 43.0 Å². The number of thiazole rings is 1. The molecule has 0 atom stereocenters. The molecule has 10 heteroatoms. The third-order valence-electron chi connectivity index (χ3n) is 4.81. The fourth-order valence-corrected chi connectivity index (χ4v) is 3.99. The van der Waals surface area contributed by atoms with Gasteiger partial charge in [0, 0.05) is 61.7 Å². The Morgan fingerprint density at radius 2 is 2.06 bits per heavy atom. The van der Waals surface area contributed by atoms with Crippen molar-refractivity contribution in [2.75, 3.05) is 49.6 Å². The maximum Gasteiger partial charge on any atom is 0.252 e. The first-order valence-corrected chi connectivity index (χ1v) is 11.0. The minimum absolute atomic E-state index is 0.158. The monoisotopic (exact) mass is 439 g/mol. The Kier molecular flexibility index (Phi) is 7.03. The Hall–Kier alpha value is -3.08. The van der Waals surface area contributed by atoms with Crippen LogP contribution in [0.3, 0.4) is 0 Å². The molecule has 3 aromatic heterocycles. The summed E-state index contributed by atoms with van der Waals surface area (Å²) in [7, 11) is 0. The van der Waals surface area contributed by atoms with Crippen molar-refractivity contribution in [2.24, 2.45) is 5.73 Å². The molecule has 1 amide bonds. The summed E-state index contributed by atoms with van der Waals surface area (Å²) in [5.41, 5.74) is 7.93. The van der Waals surface area contributed by atoms with Gasteiger partial charge in [0.2, 0.25) is 0 Å². The SMILES string of the molecule is NCCCNC(=O)c1cncc(-c2cnc(Nc3cc(N4CCOCC4)ccn3)s2)c1. The first-order valence-electron chi connectivity index (χ1n) is 10.2. The van der Waals surface area contributed by atoms with Gasteiger partial charge in [-0.15, -0.1) is 0 Å². The molecule has 1 aliphatic rings. The number of nitrogens with one attached hydrogen (secondary N) is 2. The molecular weight excluding hydrogens is 414 g/mol. The molecule has 3 aromatic rings. The molecule has 0 bridgehead atoms. The summed E-state index contributed by atoms with van der Waals surface area (Å²) in [6, 6.07) is 5.83. The highest BCUT2D eigenvalue weighted by molar-refractivity contribution is 7.18. The average Bonchev–Trinajstić information content (AvgIpc) is 3.28. The lowest BCUT2D eigenvalue weighted by molar-refractivity contribution is 0.0953. The van der Waals surface area contributed by atoms with E-state index in [0.29, 0.717) is 18.7 Å². The van der Waals surface area contributed by atoms with Crippen LogP contribution in [0.1, 0.15) is 16.8 Å². The normalized spacial score (nSPS) is 13.8. The lowest BCUT2D eigenvalue weighted by Crippen LogP contribution is -2.36. The minimum Gasteiger partial charge on any atom is -0.378 e. The van der Waals surface area contributed by atoms with Gasteiger partial charge in [0.25, 0.3) is 5.91 Å². The number of pyridine rings is 2. The van der Waals surface area contributed by atoms with E-state index in [4.69, 9.17) is 10.5 Å². The van der Waals surface area contributed by atoms with Gasteiger partial charge in [-0.05, 0) is 25.1 Å². The van der Waals surface area contributed by atoms with E-state index < -0.39 is 0 Å². The molecule has 0 aromatic carbocycles. The molecule has 0 saturated carbocycles. The number of aromatic nitrogens is 3. The van der Waals surface area contributed by atoms with Crippen molar-refractivity contribution in [3.8, 4) is 10.4 Å². The van der Waals surface area contributed by atoms with Gasteiger partial charge in [0.1, 0.15) is 5.82 Å². The number of amides is 1. The molecule has 0 radical (unpaired) electrons. The van der Waals surface area contributed by atoms with Crippen molar-refractivity contribution in [1.29, 1.82) is 0 Å². The summed E-state index contributed by atoms with van der Waals surface area (Å²) < 4.78 is 5.42. The second-order valence-corrected chi connectivity index (χ2v) is 8.04. The number of rotatable bonds is 8. The van der Waals surface area contributed by atoms with Crippen molar-refractivity contribution in [3.05, 3.63) is 48.5 Å². The Balaban J connectivity index is 1.44. The number of carbonyl (C=O) groups excluding carboxylic acids is 1. The molecule has 0 spiro atoms. The fraction of sp³-hybridized carbons (Fsp3) is 0.333. The van der Waals surface area contributed by atoms with E-state index >= 15 is 0 Å². The van der Waals surface area contributed by atoms with Gasteiger partial charge < -0.3 is 26.0 Å². The third-order valence-corrected chi connectivity index (χ3v) is 5.77. The van der Waals surface area contributed by atoms with Crippen molar-refractivity contribution in [3.63, 3.8) is 0 Å². The first-order chi connectivity index (χ1) is 15.2. The van der Waals surface area contributed by atoms with E-state index in [2.05, 4.69) is 30.5 Å². The molecule has 4 N–H and O–H groups in total. The number of carbonyl (C=O) groups is 1. The zero-order chi connectivity index (χ0) is 21.5. The van der Waals surface area contributed by atoms with E-state index in [0.717, 1.165) is 59.8 Å². The molecule has 0 aliphatic carbocycles. The van der Waals surface area contributed by atoms with Gasteiger partial charge in [-0.2, -0.15) is 0 Å². The quantitative estimate of drug-likeness (QED) is 0.458. The molecule has 0 unspecified atom stereocenters. The highest BCUT2D eigenvalue weighted by Crippen LogP contribution is 2.31. The van der Waals surface area contributed by atoms with Crippen LogP contribution in [-0.2, 0) is 4.74 Å². The average molecular weight is 440 g/mol. The van der Waals surface area contributed by atoms with Crippen molar-refractivity contribution < 1.29 is 9.53 Å². The Morgan fingerprint density at radius 3 is 2.90 bits per heavy atom. The smallest absolute Gasteiger partial charge is 0.252 e. The van der Waals surface area contributed by atoms with Crippen LogP contribution in [0.4, 0.5) is 16.6 Å². The summed E-state index contributed by atoms with van der Waals surface area (Å²) in [6.45, 7) is 4.30. The second-order valence-electron chi connectivity index (χ2n) is 7.01. The van der Waals surface area contributed by atoms with Crippen molar-refractivity contribution >= 4 is 33.9 Å². The predicted octanol–water partition coefficient (Wildman–Crippen LogP) is 2.26. The van der Waals surface area contributed by atoms with Crippen molar-refractivity contribution in [1.82, 2.24) is 20.3 Å². The molecule has 4 rings (SSSR count). The lowest BCUT2D eigenvalue weighted by Gasteiger charge is -2.28. The Labute approximate surface area is 184 Å². The number of morpholine rings is 1. The highest BCUT2D eigenvalue weighted by Gasteiger charge is 2.13. The maximum absolute atomic E-state index is 12.3. The van der Waals surface area contributed by atoms with Crippen LogP contribution in [0, 0.1) is 0 Å². The molecule has 9 nitrogen and oxygen atoms in total. The van der Waals surface area contributed by atoms with Gasteiger partial charge >= 0.3 is 0 Å². The Morgan fingerprint density at radius 1 is 1.19 bits per heavy atom. The third kappa shape index (κ3) is 5.54. The van der Waals surface area contributed by atoms with Gasteiger partial charge in [-0.3, -0.25) is 9.78 Å². The molecule has 1 fully saturated rings. The number of nitrogens with two attached hydrogens (primary N) is 1. The minimum atomic E-state index is -0.158. The number of hydrogen-bond acceptors (Lipinski definition) is 9. The van der Waals surface area contributed by atoms with Gasteiger partial charge in [0.05, 0.1) is 23.7 Å². The second kappa shape index (κ2) is 10.3. The first kappa shape index (κ1) is 21.2. The number of anilines is 3. The van der Waals surface area contributed by atoms with Crippen LogP contribution in [-0.4, -0.2) is 60.3 Å². The molecule has 4 heterocycles. The predicted molar refractivity (Wildman–Crippen MR) is 122 cm³/mol. The standard InChI is InChI=1S/C21H25N7O2S/c22-3-1-4-25-20(29)16-10-15(12-23-13-16)18-14-26-21(31-18)27-19-11-17(2-5-24-19)28-6-8-30-9-7-28/h2,5,10-14H,1,3-4,6-9,22H2,(H,25,29)(H,24,26,27). The maximum atomic E-state index is 12.3. The van der Waals surface area contributed by atoms with E-state index in [1.54, 1.807) is 24.8 Å². The van der Waals surface area contributed by atoms with Crippen LogP contribution in [0.25, 0.3) is 10.4 Å². The van der Waals surface area contributed by atoms with Gasteiger partial charge in [0.15, 0.2) is 5.13 Å². The number of nitrogens with zero attached hydrogens (tertiary/aromatic N) is 4. The van der Waals surface area contributed by atoms with Crippen molar-refractivity contribution in [2.45, 2.75) is 6.42 Å². The molecule has 31 heavy (non-hydrogen) atoms. The van der Waals surface area contributed by atoms with Crippen LogP contribution in [0.2, 0.25) is 0 Å². The summed E-state index contributed by atoms with van der Waals surface area (Å²) >= 11 is 1.48. The zero-order valence-electron chi connectivity index (χ0n) is 17.1. The fourth-order valence-electron chi connectivity index (χ4n) is 3.19. The van der Waals surface area contributed by atoms with Crippen LogP contribution in [0.5, 0.6) is 0 Å². The number of ether oxygens (including phenoxy) is 1. The molecule has 1 aliphatic heterocycles. The van der Waals surface area contributed by atoms with E-state index in [-0.39, 0.29) is 5.91 Å². The Bertz CT molecular complexity index is 1020. The summed E-state index contributed by atoms with van der Waals surface area (Å²) in [5.74, 6) is 0.575. The van der Waals surface area contributed by atoms with E-state index in [9.17, 15) is 4.79 Å². The topological polar surface area (TPSA) is 118 Å². The zero-order valence-corrected chi connectivity index (χ0v) is 17.9. The number of hydrogen-bond donors (Lipinski definition) is 3. The van der Waals surface area contributed by atoms with Crippen LogP contribution >= 0.6 is 11.3 Å². The van der Waals surface area contributed by atoms with Gasteiger partial charge in [-0.25, -0.2) is 9.97 Å².